The molecule has 2 N–H and O–H groups in total. The predicted molar refractivity (Wildman–Crippen MR) is 92.0 cm³/mol. The normalized spacial score (nSPS) is 14.0. The Morgan fingerprint density at radius 3 is 2.54 bits per heavy atom. The summed E-state index contributed by atoms with van der Waals surface area (Å²) in [5.41, 5.74) is 0. The minimum Gasteiger partial charge on any atom is -0.451 e. The van der Waals surface area contributed by atoms with Gasteiger partial charge in [-0.1, -0.05) is 26.0 Å². The van der Waals surface area contributed by atoms with Crippen molar-refractivity contribution in [2.75, 3.05) is 6.54 Å². The first-order chi connectivity index (χ1) is 11.2. The molecular formula is C15H22N2O5S2. The number of ether oxygens (including phenoxy) is 1. The molecule has 0 bridgehead atoms. The third-order valence-electron chi connectivity index (χ3n) is 3.05. The summed E-state index contributed by atoms with van der Waals surface area (Å²) in [7, 11) is -3.82. The van der Waals surface area contributed by atoms with E-state index in [-0.39, 0.29) is 16.7 Å². The lowest BCUT2D eigenvalue weighted by Gasteiger charge is -2.22. The highest BCUT2D eigenvalue weighted by molar-refractivity contribution is 7.91. The van der Waals surface area contributed by atoms with Crippen molar-refractivity contribution < 1.29 is 22.7 Å². The molecule has 0 fully saturated rings. The minimum atomic E-state index is -3.82. The van der Waals surface area contributed by atoms with Crippen LogP contribution in [0.2, 0.25) is 0 Å². The molecule has 7 nitrogen and oxygen atoms in total. The van der Waals surface area contributed by atoms with E-state index in [0.717, 1.165) is 11.3 Å². The van der Waals surface area contributed by atoms with Crippen LogP contribution >= 0.6 is 11.3 Å². The van der Waals surface area contributed by atoms with E-state index in [1.807, 2.05) is 0 Å². The zero-order chi connectivity index (χ0) is 18.3. The Kier molecular flexibility index (Phi) is 7.59. The van der Waals surface area contributed by atoms with Crippen LogP contribution in [0.4, 0.5) is 0 Å². The maximum absolute atomic E-state index is 12.3. The lowest BCUT2D eigenvalue weighted by Crippen LogP contribution is -2.47. The van der Waals surface area contributed by atoms with Gasteiger partial charge in [-0.05, 0) is 24.3 Å². The second-order valence-corrected chi connectivity index (χ2v) is 8.28. The van der Waals surface area contributed by atoms with Crippen molar-refractivity contribution in [2.24, 2.45) is 5.92 Å². The van der Waals surface area contributed by atoms with Gasteiger partial charge >= 0.3 is 5.97 Å². The summed E-state index contributed by atoms with van der Waals surface area (Å²) < 4.78 is 32.1. The van der Waals surface area contributed by atoms with E-state index >= 15 is 0 Å². The highest BCUT2D eigenvalue weighted by Gasteiger charge is 2.32. The number of esters is 1. The predicted octanol–water partition coefficient (Wildman–Crippen LogP) is 1.28. The van der Waals surface area contributed by atoms with Crippen LogP contribution in [0, 0.1) is 5.92 Å². The lowest BCUT2D eigenvalue weighted by atomic mass is 10.1. The van der Waals surface area contributed by atoms with E-state index in [1.54, 1.807) is 25.3 Å². The van der Waals surface area contributed by atoms with Crippen molar-refractivity contribution in [3.8, 4) is 0 Å². The Morgan fingerprint density at radius 2 is 2.04 bits per heavy atom. The van der Waals surface area contributed by atoms with Crippen molar-refractivity contribution >= 4 is 33.2 Å². The van der Waals surface area contributed by atoms with E-state index in [4.69, 9.17) is 4.74 Å². The first-order valence-corrected chi connectivity index (χ1v) is 9.70. The zero-order valence-electron chi connectivity index (χ0n) is 13.8. The number of thiophene rings is 1. The van der Waals surface area contributed by atoms with Crippen LogP contribution in [0.25, 0.3) is 0 Å². The van der Waals surface area contributed by atoms with Gasteiger partial charge in [0.05, 0.1) is 0 Å². The molecule has 2 atom stereocenters. The van der Waals surface area contributed by atoms with E-state index in [9.17, 15) is 18.0 Å². The molecule has 24 heavy (non-hydrogen) atoms. The topological polar surface area (TPSA) is 102 Å². The maximum Gasteiger partial charge on any atom is 0.325 e. The molecule has 0 aliphatic heterocycles. The van der Waals surface area contributed by atoms with Gasteiger partial charge in [0.15, 0.2) is 6.10 Å². The molecule has 0 unspecified atom stereocenters. The van der Waals surface area contributed by atoms with Crippen LogP contribution in [-0.2, 0) is 24.3 Å². The molecular weight excluding hydrogens is 352 g/mol. The van der Waals surface area contributed by atoms with E-state index in [1.165, 1.54) is 19.1 Å². The second-order valence-electron chi connectivity index (χ2n) is 5.39. The molecule has 1 aromatic heterocycles. The van der Waals surface area contributed by atoms with Crippen molar-refractivity contribution in [3.63, 3.8) is 0 Å². The molecule has 0 aliphatic carbocycles. The van der Waals surface area contributed by atoms with Crippen LogP contribution < -0.4 is 10.0 Å². The molecule has 0 saturated carbocycles. The largest absolute Gasteiger partial charge is 0.451 e. The van der Waals surface area contributed by atoms with E-state index < -0.39 is 34.0 Å². The highest BCUT2D eigenvalue weighted by atomic mass is 32.2. The Labute approximate surface area is 146 Å². The molecule has 0 aliphatic rings. The molecule has 9 heteroatoms. The van der Waals surface area contributed by atoms with Crippen LogP contribution in [0.3, 0.4) is 0 Å². The van der Waals surface area contributed by atoms with Gasteiger partial charge in [0.25, 0.3) is 15.9 Å². The summed E-state index contributed by atoms with van der Waals surface area (Å²) in [5, 5.41) is 4.13. The van der Waals surface area contributed by atoms with Gasteiger partial charge in [-0.15, -0.1) is 17.9 Å². The zero-order valence-corrected chi connectivity index (χ0v) is 15.4. The quantitative estimate of drug-likeness (QED) is 0.501. The molecule has 0 saturated heterocycles. The third kappa shape index (κ3) is 5.73. The second kappa shape index (κ2) is 8.95. The van der Waals surface area contributed by atoms with Gasteiger partial charge in [-0.3, -0.25) is 9.59 Å². The Balaban J connectivity index is 2.79. The fourth-order valence-electron chi connectivity index (χ4n) is 1.72. The van der Waals surface area contributed by atoms with Crippen LogP contribution in [0.1, 0.15) is 20.8 Å². The SMILES string of the molecule is C=CCNC(=O)[C@H](C)OC(=O)[C@H](NS(=O)(=O)c1cccs1)C(C)C. The summed E-state index contributed by atoms with van der Waals surface area (Å²) >= 11 is 1.05. The number of hydrogen-bond donors (Lipinski definition) is 2. The van der Waals surface area contributed by atoms with Gasteiger partial charge < -0.3 is 10.1 Å². The van der Waals surface area contributed by atoms with Crippen molar-refractivity contribution in [2.45, 2.75) is 37.1 Å². The summed E-state index contributed by atoms with van der Waals surface area (Å²) in [6.45, 7) is 8.51. The number of amides is 1. The molecule has 0 radical (unpaired) electrons. The summed E-state index contributed by atoms with van der Waals surface area (Å²) in [6.07, 6.45) is 0.461. The van der Waals surface area contributed by atoms with Gasteiger partial charge in [-0.2, -0.15) is 4.72 Å². The van der Waals surface area contributed by atoms with Crippen molar-refractivity contribution in [1.82, 2.24) is 10.0 Å². The number of carbonyl (C=O) groups is 2. The van der Waals surface area contributed by atoms with Crippen molar-refractivity contribution in [3.05, 3.63) is 30.2 Å². The van der Waals surface area contributed by atoms with Crippen molar-refractivity contribution in [1.29, 1.82) is 0 Å². The number of nitrogens with one attached hydrogen (secondary N) is 2. The van der Waals surface area contributed by atoms with Crippen LogP contribution in [-0.4, -0.2) is 39.0 Å². The molecule has 134 valence electrons. The maximum atomic E-state index is 12.3. The monoisotopic (exact) mass is 374 g/mol. The first kappa shape index (κ1) is 20.3. The number of rotatable bonds is 9. The highest BCUT2D eigenvalue weighted by Crippen LogP contribution is 2.18. The summed E-state index contributed by atoms with van der Waals surface area (Å²) in [5.74, 6) is -1.63. The Bertz CT molecular complexity index is 668. The minimum absolute atomic E-state index is 0.109. The average Bonchev–Trinajstić information content (AvgIpc) is 3.05. The molecule has 0 spiro atoms. The number of sulfonamides is 1. The molecule has 1 heterocycles. The Hall–Kier alpha value is -1.71. The number of hydrogen-bond acceptors (Lipinski definition) is 6. The number of carbonyl (C=O) groups excluding carboxylic acids is 2. The molecule has 0 aromatic carbocycles. The third-order valence-corrected chi connectivity index (χ3v) is 5.88. The van der Waals surface area contributed by atoms with Gasteiger partial charge in [0.2, 0.25) is 0 Å². The van der Waals surface area contributed by atoms with E-state index in [0.29, 0.717) is 0 Å². The smallest absolute Gasteiger partial charge is 0.325 e. The van der Waals surface area contributed by atoms with Crippen LogP contribution in [0.5, 0.6) is 0 Å². The fraction of sp³-hybridized carbons (Fsp3) is 0.467. The molecule has 1 aromatic rings. The first-order valence-electron chi connectivity index (χ1n) is 7.34. The molecule has 1 rings (SSSR count). The fourth-order valence-corrected chi connectivity index (χ4v) is 4.06. The van der Waals surface area contributed by atoms with Gasteiger partial charge in [0.1, 0.15) is 10.3 Å². The lowest BCUT2D eigenvalue weighted by molar-refractivity contribution is -0.157. The van der Waals surface area contributed by atoms with Gasteiger partial charge in [0, 0.05) is 6.54 Å². The van der Waals surface area contributed by atoms with Gasteiger partial charge in [-0.25, -0.2) is 8.42 Å². The average molecular weight is 374 g/mol. The molecule has 1 amide bonds. The van der Waals surface area contributed by atoms with Crippen LogP contribution in [0.15, 0.2) is 34.4 Å². The standard InChI is InChI=1S/C15H22N2O5S2/c1-5-8-16-14(18)11(4)22-15(19)13(10(2)3)17-24(20,21)12-7-6-9-23-12/h5-7,9-11,13,17H,1,8H2,2-4H3,(H,16,18)/t11-,13+/m0/s1. The summed E-state index contributed by atoms with van der Waals surface area (Å²) in [4.78, 5) is 24.0. The Morgan fingerprint density at radius 1 is 1.38 bits per heavy atom. The summed E-state index contributed by atoms with van der Waals surface area (Å²) in [6, 6.07) is 1.96. The van der Waals surface area contributed by atoms with E-state index in [2.05, 4.69) is 16.6 Å².